The Bertz CT molecular complexity index is 407. The van der Waals surface area contributed by atoms with Crippen LogP contribution in [0.2, 0.25) is 5.15 Å². The summed E-state index contributed by atoms with van der Waals surface area (Å²) in [5.41, 5.74) is 0.316. The van der Waals surface area contributed by atoms with Crippen molar-refractivity contribution in [3.8, 4) is 0 Å². The minimum Gasteiger partial charge on any atom is -0.379 e. The van der Waals surface area contributed by atoms with Crippen LogP contribution in [0.5, 0.6) is 0 Å². The van der Waals surface area contributed by atoms with E-state index in [-0.39, 0.29) is 16.9 Å². The molecule has 86 valence electrons. The Morgan fingerprint density at radius 3 is 3.12 bits per heavy atom. The topological polar surface area (TPSA) is 77.3 Å². The van der Waals surface area contributed by atoms with Gasteiger partial charge in [-0.05, 0) is 6.42 Å². The molecule has 0 aliphatic carbocycles. The summed E-state index contributed by atoms with van der Waals surface area (Å²) >= 11 is 5.70. The molecule has 1 saturated heterocycles. The summed E-state index contributed by atoms with van der Waals surface area (Å²) in [6.45, 7) is 1.22. The van der Waals surface area contributed by atoms with E-state index in [9.17, 15) is 10.1 Å². The third-order valence-electron chi connectivity index (χ3n) is 2.34. The van der Waals surface area contributed by atoms with E-state index in [1.54, 1.807) is 0 Å². The molecule has 2 rings (SSSR count). The lowest BCUT2D eigenvalue weighted by atomic mass is 10.2. The van der Waals surface area contributed by atoms with Gasteiger partial charge in [-0.25, -0.2) is 4.98 Å². The summed E-state index contributed by atoms with van der Waals surface area (Å²) < 4.78 is 5.18. The van der Waals surface area contributed by atoms with Crippen molar-refractivity contribution in [3.05, 3.63) is 27.5 Å². The van der Waals surface area contributed by atoms with Crippen LogP contribution in [0.15, 0.2) is 12.3 Å². The molecule has 1 N–H and O–H groups in total. The number of hydrogen-bond acceptors (Lipinski definition) is 5. The van der Waals surface area contributed by atoms with E-state index >= 15 is 0 Å². The molecule has 16 heavy (non-hydrogen) atoms. The van der Waals surface area contributed by atoms with Crippen LogP contribution in [0.4, 0.5) is 11.4 Å². The summed E-state index contributed by atoms with van der Waals surface area (Å²) in [7, 11) is 0. The van der Waals surface area contributed by atoms with Gasteiger partial charge in [0.1, 0.15) is 17.0 Å². The fourth-order valence-corrected chi connectivity index (χ4v) is 1.71. The first-order valence-corrected chi connectivity index (χ1v) is 5.19. The molecule has 0 saturated carbocycles. The highest BCUT2D eigenvalue weighted by Crippen LogP contribution is 2.27. The number of anilines is 1. The molecule has 1 atom stereocenters. The number of nitrogens with zero attached hydrogens (tertiary/aromatic N) is 2. The molecule has 1 aliphatic heterocycles. The third kappa shape index (κ3) is 2.40. The van der Waals surface area contributed by atoms with Crippen molar-refractivity contribution >= 4 is 23.0 Å². The Kier molecular flexibility index (Phi) is 3.21. The van der Waals surface area contributed by atoms with Gasteiger partial charge in [-0.1, -0.05) is 11.6 Å². The highest BCUT2D eigenvalue weighted by atomic mass is 35.5. The largest absolute Gasteiger partial charge is 0.379 e. The van der Waals surface area contributed by atoms with Gasteiger partial charge in [0.15, 0.2) is 0 Å². The first-order chi connectivity index (χ1) is 7.66. The van der Waals surface area contributed by atoms with E-state index in [0.29, 0.717) is 18.9 Å². The van der Waals surface area contributed by atoms with Gasteiger partial charge in [-0.2, -0.15) is 0 Å². The summed E-state index contributed by atoms with van der Waals surface area (Å²) in [5, 5.41) is 14.0. The van der Waals surface area contributed by atoms with Crippen LogP contribution in [0, 0.1) is 10.1 Å². The molecular weight excluding hydrogens is 234 g/mol. The average molecular weight is 244 g/mol. The molecule has 6 nitrogen and oxygen atoms in total. The average Bonchev–Trinajstić information content (AvgIpc) is 2.70. The van der Waals surface area contributed by atoms with Crippen LogP contribution < -0.4 is 5.32 Å². The van der Waals surface area contributed by atoms with Crippen LogP contribution in [-0.4, -0.2) is 29.2 Å². The molecule has 0 spiro atoms. The predicted molar refractivity (Wildman–Crippen MR) is 58.7 cm³/mol. The van der Waals surface area contributed by atoms with E-state index in [1.807, 2.05) is 0 Å². The summed E-state index contributed by atoms with van der Waals surface area (Å²) in [5.74, 6) is 0. The number of nitrogens with one attached hydrogen (secondary N) is 1. The molecule has 0 radical (unpaired) electrons. The van der Waals surface area contributed by atoms with E-state index in [0.717, 1.165) is 12.6 Å². The van der Waals surface area contributed by atoms with Gasteiger partial charge < -0.3 is 10.1 Å². The molecule has 1 fully saturated rings. The first-order valence-electron chi connectivity index (χ1n) is 4.81. The Morgan fingerprint density at radius 1 is 1.69 bits per heavy atom. The van der Waals surface area contributed by atoms with Gasteiger partial charge >= 0.3 is 5.69 Å². The normalized spacial score (nSPS) is 19.7. The highest BCUT2D eigenvalue weighted by Gasteiger charge is 2.21. The fourth-order valence-electron chi connectivity index (χ4n) is 1.55. The smallest absolute Gasteiger partial charge is 0.310 e. The molecule has 7 heteroatoms. The SMILES string of the molecule is O=[N+]([O-])c1cnc(Cl)cc1N[C@@H]1CCOC1. The van der Waals surface area contributed by atoms with Gasteiger partial charge in [0.25, 0.3) is 0 Å². The Morgan fingerprint density at radius 2 is 2.50 bits per heavy atom. The molecule has 1 aromatic rings. The van der Waals surface area contributed by atoms with Crippen molar-refractivity contribution in [1.29, 1.82) is 0 Å². The lowest BCUT2D eigenvalue weighted by molar-refractivity contribution is -0.384. The highest BCUT2D eigenvalue weighted by molar-refractivity contribution is 6.29. The number of nitro groups is 1. The van der Waals surface area contributed by atoms with E-state index in [2.05, 4.69) is 10.3 Å². The summed E-state index contributed by atoms with van der Waals surface area (Å²) in [4.78, 5) is 14.0. The number of aromatic nitrogens is 1. The third-order valence-corrected chi connectivity index (χ3v) is 2.54. The molecule has 2 heterocycles. The molecule has 1 aliphatic rings. The zero-order valence-corrected chi connectivity index (χ0v) is 9.11. The lowest BCUT2D eigenvalue weighted by Crippen LogP contribution is -2.19. The zero-order chi connectivity index (χ0) is 11.5. The first kappa shape index (κ1) is 11.1. The molecule has 0 aromatic carbocycles. The van der Waals surface area contributed by atoms with Crippen molar-refractivity contribution in [2.75, 3.05) is 18.5 Å². The van der Waals surface area contributed by atoms with Crippen molar-refractivity contribution in [2.24, 2.45) is 0 Å². The van der Waals surface area contributed by atoms with Crippen LogP contribution in [0.1, 0.15) is 6.42 Å². The number of pyridine rings is 1. The second kappa shape index (κ2) is 4.63. The van der Waals surface area contributed by atoms with E-state index in [1.165, 1.54) is 6.07 Å². The lowest BCUT2D eigenvalue weighted by Gasteiger charge is -2.11. The van der Waals surface area contributed by atoms with Crippen LogP contribution in [0.3, 0.4) is 0 Å². The maximum Gasteiger partial charge on any atom is 0.310 e. The monoisotopic (exact) mass is 243 g/mol. The quantitative estimate of drug-likeness (QED) is 0.498. The second-order valence-electron chi connectivity index (χ2n) is 3.49. The number of halogens is 1. The predicted octanol–water partition coefficient (Wildman–Crippen LogP) is 1.84. The molecule has 0 bridgehead atoms. The maximum absolute atomic E-state index is 10.8. The van der Waals surface area contributed by atoms with Crippen LogP contribution in [0.25, 0.3) is 0 Å². The van der Waals surface area contributed by atoms with Crippen molar-refractivity contribution in [1.82, 2.24) is 4.98 Å². The zero-order valence-electron chi connectivity index (χ0n) is 8.35. The fraction of sp³-hybridized carbons (Fsp3) is 0.444. The van der Waals surface area contributed by atoms with Crippen molar-refractivity contribution in [3.63, 3.8) is 0 Å². The van der Waals surface area contributed by atoms with Crippen LogP contribution in [-0.2, 0) is 4.74 Å². The minimum atomic E-state index is -0.485. The van der Waals surface area contributed by atoms with Crippen LogP contribution >= 0.6 is 11.6 Å². The number of rotatable bonds is 3. The van der Waals surface area contributed by atoms with Gasteiger partial charge in [0.2, 0.25) is 0 Å². The van der Waals surface area contributed by atoms with Gasteiger partial charge in [-0.3, -0.25) is 10.1 Å². The second-order valence-corrected chi connectivity index (χ2v) is 3.87. The maximum atomic E-state index is 10.8. The standard InChI is InChI=1S/C9H10ClN3O3/c10-9-3-7(8(4-11-9)13(14)15)12-6-1-2-16-5-6/h3-4,6H,1-2,5H2,(H,11,12)/t6-/m1/s1. The number of hydrogen-bond donors (Lipinski definition) is 1. The molecule has 0 unspecified atom stereocenters. The van der Waals surface area contributed by atoms with Gasteiger partial charge in [0, 0.05) is 12.7 Å². The van der Waals surface area contributed by atoms with Gasteiger partial charge in [-0.15, -0.1) is 0 Å². The Hall–Kier alpha value is -1.40. The molecule has 1 aromatic heterocycles. The van der Waals surface area contributed by atoms with Crippen molar-refractivity contribution in [2.45, 2.75) is 12.5 Å². The van der Waals surface area contributed by atoms with Crippen molar-refractivity contribution < 1.29 is 9.66 Å². The van der Waals surface area contributed by atoms with E-state index in [4.69, 9.17) is 16.3 Å². The molecular formula is C9H10ClN3O3. The Labute approximate surface area is 96.7 Å². The summed E-state index contributed by atoms with van der Waals surface area (Å²) in [6, 6.07) is 1.55. The molecule has 0 amide bonds. The van der Waals surface area contributed by atoms with E-state index < -0.39 is 4.92 Å². The van der Waals surface area contributed by atoms with Gasteiger partial charge in [0.05, 0.1) is 17.6 Å². The minimum absolute atomic E-state index is 0.0729. The Balaban J connectivity index is 2.22. The summed E-state index contributed by atoms with van der Waals surface area (Å²) in [6.07, 6.45) is 1.98. The number of ether oxygens (including phenoxy) is 1.